The van der Waals surface area contributed by atoms with Crippen molar-refractivity contribution < 1.29 is 17.9 Å². The Morgan fingerprint density at radius 3 is 2.81 bits per heavy atom. The standard InChI is InChI=1S/C19H23N3O4S/c1-3-26-18-7-5-4-6-17(18)21-15-10-14(11-20-12-15)19(23)22(2)16-8-9-27(24,25)13-16/h4-7,10-12,16,21H,3,8-9,13H2,1-2H3. The Labute approximate surface area is 159 Å². The van der Waals surface area contributed by atoms with Crippen LogP contribution < -0.4 is 10.1 Å². The second kappa shape index (κ2) is 7.96. The maximum Gasteiger partial charge on any atom is 0.255 e. The van der Waals surface area contributed by atoms with Crippen LogP contribution in [0.25, 0.3) is 0 Å². The quantitative estimate of drug-likeness (QED) is 0.817. The van der Waals surface area contributed by atoms with Crippen LogP contribution in [0, 0.1) is 0 Å². The van der Waals surface area contributed by atoms with E-state index in [1.54, 1.807) is 19.3 Å². The number of nitrogens with zero attached hydrogens (tertiary/aromatic N) is 2. The van der Waals surface area contributed by atoms with Gasteiger partial charge in [-0.25, -0.2) is 8.42 Å². The van der Waals surface area contributed by atoms with E-state index in [0.29, 0.717) is 30.0 Å². The summed E-state index contributed by atoms with van der Waals surface area (Å²) >= 11 is 0. The first kappa shape index (κ1) is 19.2. The number of aromatic nitrogens is 1. The summed E-state index contributed by atoms with van der Waals surface area (Å²) in [7, 11) is -1.41. The van der Waals surface area contributed by atoms with Crippen LogP contribution in [0.3, 0.4) is 0 Å². The number of ether oxygens (including phenoxy) is 1. The summed E-state index contributed by atoms with van der Waals surface area (Å²) in [6.45, 7) is 2.46. The minimum Gasteiger partial charge on any atom is -0.492 e. The van der Waals surface area contributed by atoms with Crippen LogP contribution in [0.15, 0.2) is 42.7 Å². The van der Waals surface area contributed by atoms with Gasteiger partial charge in [0.2, 0.25) is 0 Å². The molecule has 1 aromatic carbocycles. The van der Waals surface area contributed by atoms with E-state index in [2.05, 4.69) is 10.3 Å². The van der Waals surface area contributed by atoms with Gasteiger partial charge in [-0.05, 0) is 31.5 Å². The molecule has 0 aliphatic carbocycles. The summed E-state index contributed by atoms with van der Waals surface area (Å²) in [6, 6.07) is 8.94. The molecule has 1 unspecified atom stereocenters. The Bertz CT molecular complexity index is 930. The van der Waals surface area contributed by atoms with E-state index in [-0.39, 0.29) is 23.5 Å². The predicted molar refractivity (Wildman–Crippen MR) is 104 cm³/mol. The largest absolute Gasteiger partial charge is 0.492 e. The van der Waals surface area contributed by atoms with Crippen molar-refractivity contribution in [1.29, 1.82) is 0 Å². The fraction of sp³-hybridized carbons (Fsp3) is 0.368. The number of amides is 1. The Kier molecular flexibility index (Phi) is 5.65. The third-order valence-corrected chi connectivity index (χ3v) is 6.28. The summed E-state index contributed by atoms with van der Waals surface area (Å²) in [5.41, 5.74) is 1.84. The molecule has 0 spiro atoms. The molecule has 1 aliphatic rings. The van der Waals surface area contributed by atoms with Crippen LogP contribution in [0.5, 0.6) is 5.75 Å². The number of hydrogen-bond acceptors (Lipinski definition) is 6. The molecule has 2 aromatic rings. The van der Waals surface area contributed by atoms with Crippen molar-refractivity contribution in [1.82, 2.24) is 9.88 Å². The second-order valence-corrected chi connectivity index (χ2v) is 8.72. The van der Waals surface area contributed by atoms with Crippen molar-refractivity contribution in [2.24, 2.45) is 0 Å². The zero-order valence-electron chi connectivity index (χ0n) is 15.4. The first-order chi connectivity index (χ1) is 12.9. The second-order valence-electron chi connectivity index (χ2n) is 6.49. The molecule has 1 aliphatic heterocycles. The number of rotatable bonds is 6. The monoisotopic (exact) mass is 389 g/mol. The number of carbonyl (C=O) groups excluding carboxylic acids is 1. The normalized spacial score (nSPS) is 18.1. The summed E-state index contributed by atoms with van der Waals surface area (Å²) in [4.78, 5) is 18.4. The summed E-state index contributed by atoms with van der Waals surface area (Å²) in [6.07, 6.45) is 3.58. The number of hydrogen-bond donors (Lipinski definition) is 1. The number of sulfone groups is 1. The molecule has 1 N–H and O–H groups in total. The molecule has 0 saturated carbocycles. The number of carbonyl (C=O) groups is 1. The van der Waals surface area contributed by atoms with Crippen molar-refractivity contribution in [3.63, 3.8) is 0 Å². The van der Waals surface area contributed by atoms with Gasteiger partial charge >= 0.3 is 0 Å². The Morgan fingerprint density at radius 2 is 2.11 bits per heavy atom. The summed E-state index contributed by atoms with van der Waals surface area (Å²) in [5.74, 6) is 0.613. The van der Waals surface area contributed by atoms with Crippen LogP contribution in [-0.2, 0) is 9.84 Å². The molecule has 2 heterocycles. The lowest BCUT2D eigenvalue weighted by atomic mass is 10.2. The van der Waals surface area contributed by atoms with Gasteiger partial charge in [0.1, 0.15) is 5.75 Å². The molecular weight excluding hydrogens is 366 g/mol. The van der Waals surface area contributed by atoms with Gasteiger partial charge in [0.15, 0.2) is 9.84 Å². The molecule has 1 amide bonds. The molecule has 0 radical (unpaired) electrons. The van der Waals surface area contributed by atoms with E-state index in [9.17, 15) is 13.2 Å². The smallest absolute Gasteiger partial charge is 0.255 e. The minimum atomic E-state index is -3.05. The Balaban J connectivity index is 1.77. The Hall–Kier alpha value is -2.61. The molecule has 144 valence electrons. The van der Waals surface area contributed by atoms with Gasteiger partial charge in [-0.1, -0.05) is 12.1 Å². The van der Waals surface area contributed by atoms with Crippen LogP contribution in [-0.4, -0.2) is 55.4 Å². The molecule has 1 aromatic heterocycles. The number of pyridine rings is 1. The number of benzene rings is 1. The molecule has 27 heavy (non-hydrogen) atoms. The molecule has 1 fully saturated rings. The van der Waals surface area contributed by atoms with E-state index in [1.807, 2.05) is 31.2 Å². The molecule has 8 heteroatoms. The van der Waals surface area contributed by atoms with Crippen LogP contribution in [0.2, 0.25) is 0 Å². The van der Waals surface area contributed by atoms with Crippen LogP contribution in [0.4, 0.5) is 11.4 Å². The average molecular weight is 389 g/mol. The average Bonchev–Trinajstić information content (AvgIpc) is 3.02. The molecule has 7 nitrogen and oxygen atoms in total. The maximum atomic E-state index is 12.8. The summed E-state index contributed by atoms with van der Waals surface area (Å²) in [5, 5.41) is 3.22. The molecular formula is C19H23N3O4S. The molecule has 0 bridgehead atoms. The number of para-hydroxylation sites is 2. The fourth-order valence-corrected chi connectivity index (χ4v) is 4.86. The maximum absolute atomic E-state index is 12.8. The lowest BCUT2D eigenvalue weighted by Gasteiger charge is -2.23. The third kappa shape index (κ3) is 4.57. The lowest BCUT2D eigenvalue weighted by molar-refractivity contribution is 0.0747. The van der Waals surface area contributed by atoms with Crippen molar-refractivity contribution >= 4 is 27.1 Å². The zero-order valence-corrected chi connectivity index (χ0v) is 16.2. The third-order valence-electron chi connectivity index (χ3n) is 4.53. The van der Waals surface area contributed by atoms with Crippen LogP contribution in [0.1, 0.15) is 23.7 Å². The van der Waals surface area contributed by atoms with E-state index in [1.165, 1.54) is 11.1 Å². The lowest BCUT2D eigenvalue weighted by Crippen LogP contribution is -2.37. The van der Waals surface area contributed by atoms with Gasteiger partial charge in [0, 0.05) is 19.3 Å². The molecule has 3 rings (SSSR count). The van der Waals surface area contributed by atoms with Crippen molar-refractivity contribution in [3.05, 3.63) is 48.3 Å². The minimum absolute atomic E-state index is 0.0162. The van der Waals surface area contributed by atoms with Gasteiger partial charge in [-0.3, -0.25) is 9.78 Å². The van der Waals surface area contributed by atoms with Gasteiger partial charge in [-0.2, -0.15) is 0 Å². The van der Waals surface area contributed by atoms with E-state index >= 15 is 0 Å². The van der Waals surface area contributed by atoms with Crippen molar-refractivity contribution in [2.45, 2.75) is 19.4 Å². The first-order valence-electron chi connectivity index (χ1n) is 8.81. The highest BCUT2D eigenvalue weighted by Crippen LogP contribution is 2.27. The van der Waals surface area contributed by atoms with Crippen LogP contribution >= 0.6 is 0 Å². The SMILES string of the molecule is CCOc1ccccc1Nc1cncc(C(=O)N(C)C2CCS(=O)(=O)C2)c1. The topological polar surface area (TPSA) is 88.6 Å². The van der Waals surface area contributed by atoms with Gasteiger partial charge in [-0.15, -0.1) is 0 Å². The highest BCUT2D eigenvalue weighted by Gasteiger charge is 2.33. The Morgan fingerprint density at radius 1 is 1.33 bits per heavy atom. The highest BCUT2D eigenvalue weighted by atomic mass is 32.2. The first-order valence-corrected chi connectivity index (χ1v) is 10.6. The van der Waals surface area contributed by atoms with E-state index in [0.717, 1.165) is 5.69 Å². The number of anilines is 2. The molecule has 1 atom stereocenters. The van der Waals surface area contributed by atoms with E-state index in [4.69, 9.17) is 4.74 Å². The van der Waals surface area contributed by atoms with Gasteiger partial charge in [0.05, 0.1) is 41.2 Å². The van der Waals surface area contributed by atoms with Gasteiger partial charge < -0.3 is 15.0 Å². The number of nitrogens with one attached hydrogen (secondary N) is 1. The summed E-state index contributed by atoms with van der Waals surface area (Å²) < 4.78 is 28.9. The van der Waals surface area contributed by atoms with Gasteiger partial charge in [0.25, 0.3) is 5.91 Å². The van der Waals surface area contributed by atoms with Crippen molar-refractivity contribution in [2.75, 3.05) is 30.5 Å². The highest BCUT2D eigenvalue weighted by molar-refractivity contribution is 7.91. The van der Waals surface area contributed by atoms with E-state index < -0.39 is 9.84 Å². The molecule has 1 saturated heterocycles. The zero-order chi connectivity index (χ0) is 19.4. The predicted octanol–water partition coefficient (Wildman–Crippen LogP) is 2.48. The van der Waals surface area contributed by atoms with Crippen molar-refractivity contribution in [3.8, 4) is 5.75 Å². The fourth-order valence-electron chi connectivity index (χ4n) is 3.08.